The summed E-state index contributed by atoms with van der Waals surface area (Å²) >= 11 is 11.6. The van der Waals surface area contributed by atoms with Crippen molar-refractivity contribution in [3.8, 4) is 0 Å². The number of carbonyl (C=O) groups is 1. The van der Waals surface area contributed by atoms with Gasteiger partial charge in [0.05, 0.1) is 22.2 Å². The molecule has 0 fully saturated rings. The molecule has 1 aromatic carbocycles. The zero-order chi connectivity index (χ0) is 16.6. The van der Waals surface area contributed by atoms with Crippen LogP contribution in [0, 0.1) is 0 Å². The number of carboxylic acids is 1. The number of nitrogens with one attached hydrogen (secondary N) is 1. The van der Waals surface area contributed by atoms with E-state index in [1.54, 1.807) is 0 Å². The molecule has 0 saturated heterocycles. The molecule has 0 radical (unpaired) electrons. The third-order valence-corrected chi connectivity index (χ3v) is 5.40. The van der Waals surface area contributed by atoms with Crippen LogP contribution in [0.4, 0.5) is 0 Å². The van der Waals surface area contributed by atoms with E-state index < -0.39 is 43.1 Å². The monoisotopic (exact) mass is 355 g/mol. The largest absolute Gasteiger partial charge is 0.478 e. The molecule has 1 aromatic rings. The molecule has 0 saturated carbocycles. The number of aliphatic hydroxyl groups is 1. The van der Waals surface area contributed by atoms with Gasteiger partial charge in [0.1, 0.15) is 4.90 Å². The van der Waals surface area contributed by atoms with E-state index in [0.29, 0.717) is 0 Å². The van der Waals surface area contributed by atoms with Gasteiger partial charge in [-0.2, -0.15) is 0 Å². The second kappa shape index (κ2) is 6.10. The summed E-state index contributed by atoms with van der Waals surface area (Å²) in [5.74, 6) is -1.39. The summed E-state index contributed by atoms with van der Waals surface area (Å²) in [6, 6.07) is 2.11. The molecule has 1 unspecified atom stereocenters. The zero-order valence-electron chi connectivity index (χ0n) is 11.5. The van der Waals surface area contributed by atoms with Crippen LogP contribution >= 0.6 is 23.2 Å². The van der Waals surface area contributed by atoms with E-state index in [4.69, 9.17) is 28.3 Å². The number of hydrogen-bond donors (Lipinski definition) is 3. The number of aliphatic hydroxyl groups excluding tert-OH is 1. The SMILES string of the molecule is CC(O)C(C)(C)NS(=O)(=O)c1cc(Cl)cc(C(=O)O)c1Cl. The highest BCUT2D eigenvalue weighted by atomic mass is 35.5. The van der Waals surface area contributed by atoms with Gasteiger partial charge >= 0.3 is 5.97 Å². The summed E-state index contributed by atoms with van der Waals surface area (Å²) in [5, 5.41) is 18.1. The second-order valence-electron chi connectivity index (χ2n) is 5.07. The van der Waals surface area contributed by atoms with Crippen molar-refractivity contribution in [1.82, 2.24) is 4.72 Å². The second-order valence-corrected chi connectivity index (χ2v) is 7.54. The lowest BCUT2D eigenvalue weighted by atomic mass is 10.0. The van der Waals surface area contributed by atoms with Crippen molar-refractivity contribution < 1.29 is 23.4 Å². The molecular weight excluding hydrogens is 341 g/mol. The fraction of sp³-hybridized carbons (Fsp3) is 0.417. The highest BCUT2D eigenvalue weighted by molar-refractivity contribution is 7.89. The van der Waals surface area contributed by atoms with Gasteiger partial charge in [-0.25, -0.2) is 17.9 Å². The molecule has 21 heavy (non-hydrogen) atoms. The van der Waals surface area contributed by atoms with Crippen molar-refractivity contribution in [3.63, 3.8) is 0 Å². The predicted molar refractivity (Wildman–Crippen MR) is 79.5 cm³/mol. The number of halogens is 2. The van der Waals surface area contributed by atoms with E-state index in [0.717, 1.165) is 12.1 Å². The molecule has 0 aliphatic carbocycles. The summed E-state index contributed by atoms with van der Waals surface area (Å²) in [7, 11) is -4.16. The van der Waals surface area contributed by atoms with Gasteiger partial charge in [0.2, 0.25) is 10.0 Å². The van der Waals surface area contributed by atoms with E-state index in [1.807, 2.05) is 0 Å². The van der Waals surface area contributed by atoms with E-state index in [1.165, 1.54) is 20.8 Å². The van der Waals surface area contributed by atoms with Gasteiger partial charge in [-0.15, -0.1) is 0 Å². The van der Waals surface area contributed by atoms with Crippen LogP contribution in [0.25, 0.3) is 0 Å². The highest BCUT2D eigenvalue weighted by Gasteiger charge is 2.32. The third kappa shape index (κ3) is 4.08. The number of carboxylic acid groups (broad SMARTS) is 1. The molecule has 0 bridgehead atoms. The molecule has 118 valence electrons. The van der Waals surface area contributed by atoms with Crippen LogP contribution in [0.2, 0.25) is 10.0 Å². The van der Waals surface area contributed by atoms with Crippen molar-refractivity contribution in [2.45, 2.75) is 37.3 Å². The Hall–Kier alpha value is -0.860. The molecule has 1 rings (SSSR count). The first kappa shape index (κ1) is 18.2. The Morgan fingerprint density at radius 2 is 1.86 bits per heavy atom. The number of rotatable bonds is 5. The van der Waals surface area contributed by atoms with Crippen LogP contribution in [0.15, 0.2) is 17.0 Å². The van der Waals surface area contributed by atoms with Gasteiger partial charge in [0, 0.05) is 5.02 Å². The number of sulfonamides is 1. The molecule has 0 aromatic heterocycles. The topological polar surface area (TPSA) is 104 Å². The van der Waals surface area contributed by atoms with Crippen molar-refractivity contribution in [3.05, 3.63) is 27.7 Å². The minimum Gasteiger partial charge on any atom is -0.478 e. The standard InChI is InChI=1S/C12H15Cl2NO5S/c1-6(16)12(2,3)15-21(19,20)9-5-7(13)4-8(10(9)14)11(17)18/h4-6,15-16H,1-3H3,(H,17,18). The normalized spacial score (nSPS) is 14.0. The van der Waals surface area contributed by atoms with Crippen LogP contribution in [0.5, 0.6) is 0 Å². The summed E-state index contributed by atoms with van der Waals surface area (Å²) in [6.45, 7) is 4.38. The highest BCUT2D eigenvalue weighted by Crippen LogP contribution is 2.30. The Morgan fingerprint density at radius 3 is 2.29 bits per heavy atom. The van der Waals surface area contributed by atoms with Gasteiger partial charge in [-0.05, 0) is 32.9 Å². The Morgan fingerprint density at radius 1 is 1.33 bits per heavy atom. The molecule has 0 amide bonds. The molecule has 0 aliphatic rings. The van der Waals surface area contributed by atoms with Crippen LogP contribution in [-0.2, 0) is 10.0 Å². The lowest BCUT2D eigenvalue weighted by Gasteiger charge is -2.29. The van der Waals surface area contributed by atoms with Crippen LogP contribution in [0.1, 0.15) is 31.1 Å². The van der Waals surface area contributed by atoms with Crippen LogP contribution in [-0.4, -0.2) is 36.2 Å². The number of benzene rings is 1. The smallest absolute Gasteiger partial charge is 0.337 e. The Bertz CT molecular complexity index is 670. The van der Waals surface area contributed by atoms with Gasteiger partial charge in [0.25, 0.3) is 0 Å². The van der Waals surface area contributed by atoms with Gasteiger partial charge in [-0.1, -0.05) is 23.2 Å². The molecule has 0 heterocycles. The van der Waals surface area contributed by atoms with Crippen LogP contribution < -0.4 is 4.72 Å². The average molecular weight is 356 g/mol. The van der Waals surface area contributed by atoms with Gasteiger partial charge in [-0.3, -0.25) is 0 Å². The zero-order valence-corrected chi connectivity index (χ0v) is 13.8. The summed E-state index contributed by atoms with van der Waals surface area (Å²) in [5.41, 5.74) is -1.59. The summed E-state index contributed by atoms with van der Waals surface area (Å²) in [4.78, 5) is 10.6. The Kier molecular flexibility index (Phi) is 5.28. The van der Waals surface area contributed by atoms with Gasteiger partial charge in [0.15, 0.2) is 0 Å². The molecule has 9 heteroatoms. The van der Waals surface area contributed by atoms with Crippen molar-refractivity contribution in [2.75, 3.05) is 0 Å². The van der Waals surface area contributed by atoms with Crippen molar-refractivity contribution in [1.29, 1.82) is 0 Å². The lowest BCUT2D eigenvalue weighted by molar-refractivity contribution is 0.0696. The molecule has 0 aliphatic heterocycles. The maximum atomic E-state index is 12.3. The van der Waals surface area contributed by atoms with Crippen molar-refractivity contribution >= 4 is 39.2 Å². The maximum Gasteiger partial charge on any atom is 0.337 e. The summed E-state index contributed by atoms with van der Waals surface area (Å²) < 4.78 is 27.0. The van der Waals surface area contributed by atoms with Crippen LogP contribution in [0.3, 0.4) is 0 Å². The lowest BCUT2D eigenvalue weighted by Crippen LogP contribution is -2.50. The van der Waals surface area contributed by atoms with E-state index in [-0.39, 0.29) is 5.02 Å². The average Bonchev–Trinajstić information content (AvgIpc) is 2.29. The quantitative estimate of drug-likeness (QED) is 0.750. The van der Waals surface area contributed by atoms with E-state index in [2.05, 4.69) is 4.72 Å². The number of aromatic carboxylic acids is 1. The van der Waals surface area contributed by atoms with E-state index >= 15 is 0 Å². The Labute approximate surface area is 132 Å². The molecule has 3 N–H and O–H groups in total. The molecule has 6 nitrogen and oxygen atoms in total. The Balaban J connectivity index is 3.43. The number of hydrogen-bond acceptors (Lipinski definition) is 4. The first-order valence-electron chi connectivity index (χ1n) is 5.83. The fourth-order valence-electron chi connectivity index (χ4n) is 1.40. The van der Waals surface area contributed by atoms with Crippen molar-refractivity contribution in [2.24, 2.45) is 0 Å². The van der Waals surface area contributed by atoms with Gasteiger partial charge < -0.3 is 10.2 Å². The van der Waals surface area contributed by atoms with E-state index in [9.17, 15) is 18.3 Å². The minimum atomic E-state index is -4.16. The first-order valence-corrected chi connectivity index (χ1v) is 8.07. The molecule has 0 spiro atoms. The first-order chi connectivity index (χ1) is 9.38. The molecular formula is C12H15Cl2NO5S. The fourth-order valence-corrected chi connectivity index (χ4v) is 3.78. The predicted octanol–water partition coefficient (Wildman–Crippen LogP) is 2.13. The maximum absolute atomic E-state index is 12.3. The minimum absolute atomic E-state index is 0.0768. The third-order valence-electron chi connectivity index (χ3n) is 2.97. The molecule has 1 atom stereocenters. The summed E-state index contributed by atoms with van der Waals surface area (Å²) in [6.07, 6.45) is -0.982.